The molecule has 0 aromatic heterocycles. The largest absolute Gasteiger partial charge is 0.345 e. The highest BCUT2D eigenvalue weighted by atomic mass is 19.1. The second-order valence-electron chi connectivity index (χ2n) is 7.72. The molecule has 1 saturated carbocycles. The van der Waals surface area contributed by atoms with E-state index in [0.717, 1.165) is 31.2 Å². The Hall–Kier alpha value is -3.02. The van der Waals surface area contributed by atoms with E-state index in [9.17, 15) is 18.8 Å². The van der Waals surface area contributed by atoms with Gasteiger partial charge in [-0.25, -0.2) is 4.39 Å². The molecular formula is C23H23FN2O3. The van der Waals surface area contributed by atoms with Crippen LogP contribution in [0.15, 0.2) is 48.5 Å². The van der Waals surface area contributed by atoms with E-state index in [-0.39, 0.29) is 42.4 Å². The van der Waals surface area contributed by atoms with Gasteiger partial charge in [0.25, 0.3) is 5.91 Å². The van der Waals surface area contributed by atoms with E-state index in [1.807, 2.05) is 0 Å². The van der Waals surface area contributed by atoms with Gasteiger partial charge < -0.3 is 5.32 Å². The average molecular weight is 394 g/mol. The summed E-state index contributed by atoms with van der Waals surface area (Å²) in [5.41, 5.74) is 1.84. The molecule has 0 unspecified atom stereocenters. The zero-order chi connectivity index (χ0) is 20.4. The molecule has 150 valence electrons. The lowest BCUT2D eigenvalue weighted by molar-refractivity contribution is -0.121. The van der Waals surface area contributed by atoms with Gasteiger partial charge in [0, 0.05) is 18.4 Å². The van der Waals surface area contributed by atoms with Crippen LogP contribution in [0.5, 0.6) is 0 Å². The number of carbonyl (C=O) groups is 3. The second-order valence-corrected chi connectivity index (χ2v) is 7.72. The van der Waals surface area contributed by atoms with Crippen molar-refractivity contribution in [3.8, 4) is 0 Å². The molecule has 1 atom stereocenters. The van der Waals surface area contributed by atoms with Crippen molar-refractivity contribution in [2.75, 3.05) is 4.90 Å². The van der Waals surface area contributed by atoms with E-state index in [1.54, 1.807) is 36.4 Å². The number of anilines is 1. The van der Waals surface area contributed by atoms with E-state index in [2.05, 4.69) is 5.32 Å². The molecule has 0 radical (unpaired) electrons. The number of hydrogen-bond donors (Lipinski definition) is 1. The number of halogens is 1. The van der Waals surface area contributed by atoms with Gasteiger partial charge in [0.1, 0.15) is 5.82 Å². The van der Waals surface area contributed by atoms with Crippen LogP contribution in [0, 0.1) is 11.7 Å². The van der Waals surface area contributed by atoms with Crippen molar-refractivity contribution in [2.24, 2.45) is 5.92 Å². The topological polar surface area (TPSA) is 66.5 Å². The maximum atomic E-state index is 13.3. The van der Waals surface area contributed by atoms with Crippen molar-refractivity contribution in [3.63, 3.8) is 0 Å². The van der Waals surface area contributed by atoms with Crippen molar-refractivity contribution in [2.45, 2.75) is 44.6 Å². The molecule has 2 aromatic rings. The molecule has 6 heteroatoms. The molecule has 0 spiro atoms. The van der Waals surface area contributed by atoms with Crippen LogP contribution in [-0.4, -0.2) is 17.7 Å². The predicted octanol–water partition coefficient (Wildman–Crippen LogP) is 4.14. The van der Waals surface area contributed by atoms with Gasteiger partial charge >= 0.3 is 0 Å². The van der Waals surface area contributed by atoms with Crippen molar-refractivity contribution < 1.29 is 18.8 Å². The molecule has 1 heterocycles. The predicted molar refractivity (Wildman–Crippen MR) is 107 cm³/mol. The maximum absolute atomic E-state index is 13.3. The maximum Gasteiger partial charge on any atom is 0.251 e. The third kappa shape index (κ3) is 4.06. The second kappa shape index (κ2) is 8.15. The van der Waals surface area contributed by atoms with Crippen LogP contribution in [0.4, 0.5) is 10.1 Å². The van der Waals surface area contributed by atoms with Crippen LogP contribution < -0.4 is 10.2 Å². The lowest BCUT2D eigenvalue weighted by atomic mass is 9.91. The molecule has 1 N–H and O–H groups in total. The molecule has 2 fully saturated rings. The first-order valence-corrected chi connectivity index (χ1v) is 10.0. The zero-order valence-corrected chi connectivity index (χ0v) is 16.1. The number of rotatable bonds is 5. The van der Waals surface area contributed by atoms with Gasteiger partial charge in [-0.1, -0.05) is 25.0 Å². The molecule has 0 bridgehead atoms. The Bertz CT molecular complexity index is 902. The number of nitrogens with one attached hydrogen (secondary N) is 1. The fraction of sp³-hybridized carbons (Fsp3) is 0.348. The minimum atomic E-state index is -0.299. The lowest BCUT2D eigenvalue weighted by Gasteiger charge is -2.25. The Labute approximate surface area is 168 Å². The van der Waals surface area contributed by atoms with Gasteiger partial charge in [-0.15, -0.1) is 0 Å². The third-order valence-electron chi connectivity index (χ3n) is 5.83. The normalized spacial score (nSPS) is 18.3. The number of hydrogen-bond acceptors (Lipinski definition) is 3. The molecule has 4 rings (SSSR count). The standard InChI is InChI=1S/C23H23FN2O3/c24-18-9-5-16(6-10-18)22(15-3-1-2-4-15)25-23(29)17-7-11-19(12-8-17)26-20(27)13-14-21(26)28/h5-12,15,22H,1-4,13-14H2,(H,25,29)/t22-/m1/s1. The molecule has 2 aromatic carbocycles. The monoisotopic (exact) mass is 394 g/mol. The molecule has 1 aliphatic carbocycles. The SMILES string of the molecule is O=C(N[C@@H](c1ccc(F)cc1)C1CCCC1)c1ccc(N2C(=O)CCC2=O)cc1. The van der Waals surface area contributed by atoms with E-state index in [4.69, 9.17) is 0 Å². The van der Waals surface area contributed by atoms with Crippen molar-refractivity contribution in [1.82, 2.24) is 5.32 Å². The minimum Gasteiger partial charge on any atom is -0.345 e. The molecule has 1 aliphatic heterocycles. The number of carbonyl (C=O) groups excluding carboxylic acids is 3. The van der Waals surface area contributed by atoms with Gasteiger partial charge in [-0.2, -0.15) is 0 Å². The fourth-order valence-corrected chi connectivity index (χ4v) is 4.29. The molecule has 5 nitrogen and oxygen atoms in total. The van der Waals surface area contributed by atoms with E-state index >= 15 is 0 Å². The number of amides is 3. The number of nitrogens with zero attached hydrogens (tertiary/aromatic N) is 1. The van der Waals surface area contributed by atoms with Crippen molar-refractivity contribution in [1.29, 1.82) is 0 Å². The summed E-state index contributed by atoms with van der Waals surface area (Å²) in [5, 5.41) is 3.11. The summed E-state index contributed by atoms with van der Waals surface area (Å²) in [5.74, 6) is -0.637. The summed E-state index contributed by atoms with van der Waals surface area (Å²) in [4.78, 5) is 37.8. The highest BCUT2D eigenvalue weighted by Crippen LogP contribution is 2.36. The Morgan fingerprint density at radius 2 is 1.52 bits per heavy atom. The molecule has 1 saturated heterocycles. The molecule has 2 aliphatic rings. The molecule has 29 heavy (non-hydrogen) atoms. The third-order valence-corrected chi connectivity index (χ3v) is 5.83. The summed E-state index contributed by atoms with van der Waals surface area (Å²) >= 11 is 0. The van der Waals surface area contributed by atoms with Gasteiger partial charge in [0.2, 0.25) is 11.8 Å². The lowest BCUT2D eigenvalue weighted by Crippen LogP contribution is -2.33. The van der Waals surface area contributed by atoms with Crippen LogP contribution in [0.3, 0.4) is 0 Å². The van der Waals surface area contributed by atoms with E-state index in [1.165, 1.54) is 17.0 Å². The van der Waals surface area contributed by atoms with Gasteiger partial charge in [0.15, 0.2) is 0 Å². The number of imide groups is 1. The number of benzene rings is 2. The Kier molecular flexibility index (Phi) is 5.43. The van der Waals surface area contributed by atoms with Gasteiger partial charge in [-0.05, 0) is 60.7 Å². The fourth-order valence-electron chi connectivity index (χ4n) is 4.29. The van der Waals surface area contributed by atoms with E-state index in [0.29, 0.717) is 17.2 Å². The Balaban J connectivity index is 1.52. The summed E-state index contributed by atoms with van der Waals surface area (Å²) in [7, 11) is 0. The summed E-state index contributed by atoms with van der Waals surface area (Å²) in [6.07, 6.45) is 4.76. The van der Waals surface area contributed by atoms with Crippen LogP contribution >= 0.6 is 0 Å². The highest BCUT2D eigenvalue weighted by molar-refractivity contribution is 6.19. The Morgan fingerprint density at radius 1 is 0.931 bits per heavy atom. The van der Waals surface area contributed by atoms with Crippen molar-refractivity contribution >= 4 is 23.4 Å². The highest BCUT2D eigenvalue weighted by Gasteiger charge is 2.31. The minimum absolute atomic E-state index is 0.174. The van der Waals surface area contributed by atoms with Gasteiger partial charge in [-0.3, -0.25) is 19.3 Å². The van der Waals surface area contributed by atoms with Crippen LogP contribution in [0.1, 0.15) is 60.5 Å². The Morgan fingerprint density at radius 3 is 2.10 bits per heavy atom. The first-order chi connectivity index (χ1) is 14.0. The first-order valence-electron chi connectivity index (χ1n) is 10.0. The van der Waals surface area contributed by atoms with Crippen LogP contribution in [0.25, 0.3) is 0 Å². The van der Waals surface area contributed by atoms with E-state index < -0.39 is 0 Å². The average Bonchev–Trinajstić information content (AvgIpc) is 3.37. The van der Waals surface area contributed by atoms with Crippen LogP contribution in [0.2, 0.25) is 0 Å². The molecule has 3 amide bonds. The smallest absolute Gasteiger partial charge is 0.251 e. The molecular weight excluding hydrogens is 371 g/mol. The summed E-state index contributed by atoms with van der Waals surface area (Å²) < 4.78 is 13.3. The summed E-state index contributed by atoms with van der Waals surface area (Å²) in [6.45, 7) is 0. The first kappa shape index (κ1) is 19.3. The van der Waals surface area contributed by atoms with Crippen molar-refractivity contribution in [3.05, 3.63) is 65.5 Å². The zero-order valence-electron chi connectivity index (χ0n) is 16.1. The van der Waals surface area contributed by atoms with Crippen LogP contribution in [-0.2, 0) is 9.59 Å². The summed E-state index contributed by atoms with van der Waals surface area (Å²) in [6, 6.07) is 12.6. The van der Waals surface area contributed by atoms with Gasteiger partial charge in [0.05, 0.1) is 11.7 Å². The quantitative estimate of drug-likeness (QED) is 0.775.